The SMILES string of the molecule is CCc1cc(CSc2nnc(N)n2C)n(C)n1. The molecule has 0 unspecified atom stereocenters. The Morgan fingerprint density at radius 2 is 2.12 bits per heavy atom. The minimum Gasteiger partial charge on any atom is -0.368 e. The summed E-state index contributed by atoms with van der Waals surface area (Å²) in [5, 5.41) is 13.1. The first kappa shape index (κ1) is 12.0. The maximum Gasteiger partial charge on any atom is 0.222 e. The predicted molar refractivity (Wildman–Crippen MR) is 67.6 cm³/mol. The molecular weight excluding hydrogens is 236 g/mol. The van der Waals surface area contributed by atoms with Crippen molar-refractivity contribution in [2.75, 3.05) is 5.73 Å². The van der Waals surface area contributed by atoms with Crippen LogP contribution in [0.3, 0.4) is 0 Å². The third-order valence-corrected chi connectivity index (χ3v) is 3.66. The minimum absolute atomic E-state index is 0.437. The molecule has 2 aromatic heterocycles. The monoisotopic (exact) mass is 252 g/mol. The van der Waals surface area contributed by atoms with Crippen LogP contribution in [0.15, 0.2) is 11.2 Å². The molecule has 17 heavy (non-hydrogen) atoms. The third kappa shape index (κ3) is 2.44. The number of anilines is 1. The molecule has 0 atom stereocenters. The number of aromatic nitrogens is 5. The topological polar surface area (TPSA) is 74.5 Å². The van der Waals surface area contributed by atoms with Gasteiger partial charge in [0.1, 0.15) is 0 Å². The molecule has 0 aliphatic rings. The molecule has 7 heteroatoms. The molecule has 0 saturated heterocycles. The first-order valence-corrected chi connectivity index (χ1v) is 6.39. The summed E-state index contributed by atoms with van der Waals surface area (Å²) >= 11 is 1.61. The Balaban J connectivity index is 2.07. The van der Waals surface area contributed by atoms with E-state index in [2.05, 4.69) is 28.3 Å². The summed E-state index contributed by atoms with van der Waals surface area (Å²) in [5.41, 5.74) is 7.91. The molecule has 0 spiro atoms. The van der Waals surface area contributed by atoms with Crippen LogP contribution in [-0.4, -0.2) is 24.5 Å². The van der Waals surface area contributed by atoms with Gasteiger partial charge in [-0.1, -0.05) is 18.7 Å². The van der Waals surface area contributed by atoms with Gasteiger partial charge in [0.15, 0.2) is 5.16 Å². The van der Waals surface area contributed by atoms with Crippen molar-refractivity contribution in [2.24, 2.45) is 14.1 Å². The lowest BCUT2D eigenvalue weighted by Crippen LogP contribution is -1.99. The largest absolute Gasteiger partial charge is 0.368 e. The van der Waals surface area contributed by atoms with E-state index in [1.165, 1.54) is 5.69 Å². The summed E-state index contributed by atoms with van der Waals surface area (Å²) < 4.78 is 3.69. The Kier molecular flexibility index (Phi) is 3.37. The molecule has 2 N–H and O–H groups in total. The fraction of sp³-hybridized carbons (Fsp3) is 0.500. The molecule has 6 nitrogen and oxygen atoms in total. The van der Waals surface area contributed by atoms with Gasteiger partial charge in [-0.25, -0.2) is 0 Å². The van der Waals surface area contributed by atoms with Gasteiger partial charge in [0, 0.05) is 25.5 Å². The van der Waals surface area contributed by atoms with Crippen LogP contribution < -0.4 is 5.73 Å². The highest BCUT2D eigenvalue weighted by Gasteiger charge is 2.09. The van der Waals surface area contributed by atoms with Crippen LogP contribution in [0.2, 0.25) is 0 Å². The Hall–Kier alpha value is -1.50. The lowest BCUT2D eigenvalue weighted by atomic mass is 10.3. The van der Waals surface area contributed by atoms with E-state index in [1.807, 2.05) is 18.8 Å². The van der Waals surface area contributed by atoms with Crippen molar-refractivity contribution in [3.05, 3.63) is 17.5 Å². The zero-order chi connectivity index (χ0) is 12.4. The van der Waals surface area contributed by atoms with Crippen LogP contribution in [-0.2, 0) is 26.3 Å². The van der Waals surface area contributed by atoms with Crippen molar-refractivity contribution in [1.82, 2.24) is 24.5 Å². The van der Waals surface area contributed by atoms with Crippen molar-refractivity contribution in [1.29, 1.82) is 0 Å². The van der Waals surface area contributed by atoms with Crippen LogP contribution in [0.1, 0.15) is 18.3 Å². The zero-order valence-corrected chi connectivity index (χ0v) is 11.0. The van der Waals surface area contributed by atoms with E-state index in [4.69, 9.17) is 5.73 Å². The van der Waals surface area contributed by atoms with Crippen LogP contribution in [0, 0.1) is 0 Å². The summed E-state index contributed by atoms with van der Waals surface area (Å²) in [6.45, 7) is 2.10. The number of hydrogen-bond donors (Lipinski definition) is 1. The summed E-state index contributed by atoms with van der Waals surface area (Å²) in [6.07, 6.45) is 0.954. The second-order valence-corrected chi connectivity index (χ2v) is 4.74. The Labute approximate surface area is 104 Å². The molecule has 2 heterocycles. The number of aryl methyl sites for hydroxylation is 2. The lowest BCUT2D eigenvalue weighted by molar-refractivity contribution is 0.718. The van der Waals surface area contributed by atoms with Crippen molar-refractivity contribution in [3.63, 3.8) is 0 Å². The van der Waals surface area contributed by atoms with Gasteiger partial charge < -0.3 is 5.73 Å². The van der Waals surface area contributed by atoms with Crippen molar-refractivity contribution in [2.45, 2.75) is 24.3 Å². The Morgan fingerprint density at radius 3 is 2.65 bits per heavy atom. The summed E-state index contributed by atoms with van der Waals surface area (Å²) in [4.78, 5) is 0. The van der Waals surface area contributed by atoms with Crippen LogP contribution in [0.25, 0.3) is 0 Å². The van der Waals surface area contributed by atoms with E-state index in [0.29, 0.717) is 5.95 Å². The van der Waals surface area contributed by atoms with E-state index in [9.17, 15) is 0 Å². The van der Waals surface area contributed by atoms with E-state index in [1.54, 1.807) is 16.3 Å². The number of rotatable bonds is 4. The average Bonchev–Trinajstić information content (AvgIpc) is 2.82. The molecular formula is C10H16N6S. The smallest absolute Gasteiger partial charge is 0.222 e. The van der Waals surface area contributed by atoms with Gasteiger partial charge in [-0.05, 0) is 12.5 Å². The molecule has 0 aromatic carbocycles. The molecule has 0 bridgehead atoms. The fourth-order valence-electron chi connectivity index (χ4n) is 1.47. The second-order valence-electron chi connectivity index (χ2n) is 3.79. The molecule has 0 amide bonds. The number of nitrogen functional groups attached to an aromatic ring is 1. The maximum atomic E-state index is 5.62. The van der Waals surface area contributed by atoms with Crippen molar-refractivity contribution >= 4 is 17.7 Å². The molecule has 92 valence electrons. The van der Waals surface area contributed by atoms with Gasteiger partial charge >= 0.3 is 0 Å². The standard InChI is InChI=1S/C10H16N6S/c1-4-7-5-8(16(3)14-7)6-17-10-13-12-9(11)15(10)2/h5H,4,6H2,1-3H3,(H2,11,12). The van der Waals surface area contributed by atoms with Crippen molar-refractivity contribution in [3.8, 4) is 0 Å². The minimum atomic E-state index is 0.437. The van der Waals surface area contributed by atoms with E-state index >= 15 is 0 Å². The first-order valence-electron chi connectivity index (χ1n) is 5.41. The van der Waals surface area contributed by atoms with Gasteiger partial charge in [-0.3, -0.25) is 9.25 Å². The second kappa shape index (κ2) is 4.79. The van der Waals surface area contributed by atoms with Crippen LogP contribution in [0.5, 0.6) is 0 Å². The molecule has 0 fully saturated rings. The Morgan fingerprint density at radius 1 is 1.35 bits per heavy atom. The normalized spacial score (nSPS) is 11.0. The fourth-order valence-corrected chi connectivity index (χ4v) is 2.40. The highest BCUT2D eigenvalue weighted by Crippen LogP contribution is 2.21. The van der Waals surface area contributed by atoms with Gasteiger partial charge in [-0.15, -0.1) is 10.2 Å². The number of nitrogens with zero attached hydrogens (tertiary/aromatic N) is 5. The van der Waals surface area contributed by atoms with Gasteiger partial charge in [0.2, 0.25) is 5.95 Å². The van der Waals surface area contributed by atoms with Gasteiger partial charge in [0.25, 0.3) is 0 Å². The third-order valence-electron chi connectivity index (χ3n) is 2.61. The summed E-state index contributed by atoms with van der Waals surface area (Å²) in [7, 11) is 3.82. The lowest BCUT2D eigenvalue weighted by Gasteiger charge is -2.01. The predicted octanol–water partition coefficient (Wildman–Crippen LogP) is 0.985. The van der Waals surface area contributed by atoms with Crippen LogP contribution >= 0.6 is 11.8 Å². The summed E-state index contributed by atoms with van der Waals surface area (Å²) in [6, 6.07) is 2.12. The maximum absolute atomic E-state index is 5.62. The van der Waals surface area contributed by atoms with E-state index in [-0.39, 0.29) is 0 Å². The Bertz CT molecular complexity index is 515. The van der Waals surface area contributed by atoms with Crippen LogP contribution in [0.4, 0.5) is 5.95 Å². The van der Waals surface area contributed by atoms with E-state index < -0.39 is 0 Å². The summed E-state index contributed by atoms with van der Waals surface area (Å²) in [5.74, 6) is 1.25. The number of hydrogen-bond acceptors (Lipinski definition) is 5. The first-order chi connectivity index (χ1) is 8.11. The number of nitrogens with two attached hydrogens (primary N) is 1. The molecule has 2 aromatic rings. The molecule has 0 aliphatic carbocycles. The molecule has 0 radical (unpaired) electrons. The number of thioether (sulfide) groups is 1. The van der Waals surface area contributed by atoms with Gasteiger partial charge in [-0.2, -0.15) is 5.10 Å². The van der Waals surface area contributed by atoms with Gasteiger partial charge in [0.05, 0.1) is 5.69 Å². The van der Waals surface area contributed by atoms with Crippen molar-refractivity contribution < 1.29 is 0 Å². The zero-order valence-electron chi connectivity index (χ0n) is 10.2. The quantitative estimate of drug-likeness (QED) is 0.821. The average molecular weight is 252 g/mol. The highest BCUT2D eigenvalue weighted by molar-refractivity contribution is 7.98. The highest BCUT2D eigenvalue weighted by atomic mass is 32.2. The molecule has 0 aliphatic heterocycles. The molecule has 2 rings (SSSR count). The van der Waals surface area contributed by atoms with E-state index in [0.717, 1.165) is 23.0 Å². The molecule has 0 saturated carbocycles.